The molecule has 1 fully saturated rings. The third kappa shape index (κ3) is 6.74. The number of likely N-dealkylation sites (tertiary alicyclic amines) is 1. The Morgan fingerprint density at radius 2 is 1.64 bits per heavy atom. The zero-order valence-corrected chi connectivity index (χ0v) is 15.3. The second-order valence-electron chi connectivity index (χ2n) is 6.60. The number of methoxy groups -OCH3 is 1. The van der Waals surface area contributed by atoms with E-state index in [9.17, 15) is 9.59 Å². The van der Waals surface area contributed by atoms with Crippen LogP contribution in [0.1, 0.15) is 32.1 Å². The van der Waals surface area contributed by atoms with Crippen molar-refractivity contribution in [2.24, 2.45) is 0 Å². The lowest BCUT2D eigenvalue weighted by atomic mass is 10.1. The smallest absolute Gasteiger partial charge is 0.238 e. The topological polar surface area (TPSA) is 61.9 Å². The lowest BCUT2D eigenvalue weighted by molar-refractivity contribution is -0.132. The van der Waals surface area contributed by atoms with Crippen molar-refractivity contribution in [3.05, 3.63) is 24.3 Å². The summed E-state index contributed by atoms with van der Waals surface area (Å²) in [6, 6.07) is 7.18. The van der Waals surface area contributed by atoms with E-state index in [1.165, 1.54) is 19.3 Å². The van der Waals surface area contributed by atoms with Crippen molar-refractivity contribution in [2.75, 3.05) is 45.7 Å². The summed E-state index contributed by atoms with van der Waals surface area (Å²) >= 11 is 0. The van der Waals surface area contributed by atoms with Crippen LogP contribution in [0.3, 0.4) is 0 Å². The Balaban J connectivity index is 1.76. The van der Waals surface area contributed by atoms with Crippen molar-refractivity contribution in [3.63, 3.8) is 0 Å². The van der Waals surface area contributed by atoms with E-state index in [1.54, 1.807) is 43.3 Å². The fourth-order valence-electron chi connectivity index (χ4n) is 3.00. The van der Waals surface area contributed by atoms with Gasteiger partial charge in [-0.1, -0.05) is 19.3 Å². The van der Waals surface area contributed by atoms with Crippen LogP contribution in [-0.4, -0.2) is 62.0 Å². The summed E-state index contributed by atoms with van der Waals surface area (Å²) in [6.45, 7) is 2.14. The minimum Gasteiger partial charge on any atom is -0.497 e. The number of benzene rings is 1. The molecule has 1 heterocycles. The van der Waals surface area contributed by atoms with Gasteiger partial charge in [-0.3, -0.25) is 14.5 Å². The van der Waals surface area contributed by atoms with Crippen LogP contribution in [-0.2, 0) is 9.59 Å². The molecule has 0 radical (unpaired) electrons. The molecule has 1 N–H and O–H groups in total. The van der Waals surface area contributed by atoms with Gasteiger partial charge in [-0.05, 0) is 44.2 Å². The fourth-order valence-corrected chi connectivity index (χ4v) is 3.00. The highest BCUT2D eigenvalue weighted by atomic mass is 16.5. The van der Waals surface area contributed by atoms with Crippen LogP contribution in [0.5, 0.6) is 5.75 Å². The molecular weight excluding hydrogens is 318 g/mol. The van der Waals surface area contributed by atoms with Crippen LogP contribution in [0, 0.1) is 0 Å². The van der Waals surface area contributed by atoms with Gasteiger partial charge in [0.25, 0.3) is 0 Å². The Bertz CT molecular complexity index is 552. The molecule has 0 aromatic heterocycles. The standard InChI is InChI=1S/C19H29N3O3/c1-21(15-19(24)22-12-6-4-3-5-7-13-22)14-18(23)20-16-8-10-17(25-2)11-9-16/h8-11H,3-7,12-15H2,1-2H3,(H,20,23). The normalized spacial score (nSPS) is 15.4. The fraction of sp³-hybridized carbons (Fsp3) is 0.579. The average molecular weight is 347 g/mol. The maximum atomic E-state index is 12.4. The first-order valence-electron chi connectivity index (χ1n) is 8.98. The van der Waals surface area contributed by atoms with Crippen LogP contribution in [0.15, 0.2) is 24.3 Å². The van der Waals surface area contributed by atoms with E-state index in [0.717, 1.165) is 31.7 Å². The summed E-state index contributed by atoms with van der Waals surface area (Å²) in [5.41, 5.74) is 0.717. The number of carbonyl (C=O) groups excluding carboxylic acids is 2. The van der Waals surface area contributed by atoms with E-state index in [-0.39, 0.29) is 24.9 Å². The predicted molar refractivity (Wildman–Crippen MR) is 98.8 cm³/mol. The third-order valence-electron chi connectivity index (χ3n) is 4.40. The van der Waals surface area contributed by atoms with Crippen molar-refractivity contribution in [2.45, 2.75) is 32.1 Å². The van der Waals surface area contributed by atoms with E-state index in [1.807, 2.05) is 4.90 Å². The highest BCUT2D eigenvalue weighted by Crippen LogP contribution is 2.15. The molecule has 0 atom stereocenters. The molecule has 2 rings (SSSR count). The number of ether oxygens (including phenoxy) is 1. The van der Waals surface area contributed by atoms with E-state index in [4.69, 9.17) is 4.74 Å². The van der Waals surface area contributed by atoms with Crippen LogP contribution in [0.2, 0.25) is 0 Å². The van der Waals surface area contributed by atoms with Gasteiger partial charge in [0.1, 0.15) is 5.75 Å². The molecule has 0 aliphatic carbocycles. The van der Waals surface area contributed by atoms with Crippen molar-refractivity contribution in [3.8, 4) is 5.75 Å². The highest BCUT2D eigenvalue weighted by Gasteiger charge is 2.17. The molecular formula is C19H29N3O3. The minimum absolute atomic E-state index is 0.113. The number of carbonyl (C=O) groups is 2. The zero-order chi connectivity index (χ0) is 18.1. The molecule has 1 aromatic rings. The number of rotatable bonds is 6. The van der Waals surface area contributed by atoms with Gasteiger partial charge in [-0.15, -0.1) is 0 Å². The Kier molecular flexibility index (Phi) is 7.73. The van der Waals surface area contributed by atoms with Gasteiger partial charge < -0.3 is 15.0 Å². The molecule has 0 saturated carbocycles. The van der Waals surface area contributed by atoms with Gasteiger partial charge in [0.15, 0.2) is 0 Å². The first kappa shape index (κ1) is 19.2. The highest BCUT2D eigenvalue weighted by molar-refractivity contribution is 5.92. The molecule has 2 amide bonds. The van der Waals surface area contributed by atoms with Gasteiger partial charge in [0, 0.05) is 18.8 Å². The van der Waals surface area contributed by atoms with Gasteiger partial charge in [0.2, 0.25) is 11.8 Å². The molecule has 1 aromatic carbocycles. The zero-order valence-electron chi connectivity index (χ0n) is 15.3. The third-order valence-corrected chi connectivity index (χ3v) is 4.40. The average Bonchev–Trinajstić information content (AvgIpc) is 2.54. The molecule has 1 aliphatic heterocycles. The second kappa shape index (κ2) is 10.0. The molecule has 1 saturated heterocycles. The van der Waals surface area contributed by atoms with Crippen molar-refractivity contribution in [1.29, 1.82) is 0 Å². The predicted octanol–water partition coefficient (Wildman–Crippen LogP) is 2.36. The van der Waals surface area contributed by atoms with Gasteiger partial charge >= 0.3 is 0 Å². The molecule has 25 heavy (non-hydrogen) atoms. The molecule has 138 valence electrons. The van der Waals surface area contributed by atoms with Gasteiger partial charge in [0.05, 0.1) is 20.2 Å². The first-order valence-corrected chi connectivity index (χ1v) is 8.98. The number of nitrogens with zero attached hydrogens (tertiary/aromatic N) is 2. The summed E-state index contributed by atoms with van der Waals surface area (Å²) < 4.78 is 5.09. The quantitative estimate of drug-likeness (QED) is 0.858. The van der Waals surface area contributed by atoms with Crippen LogP contribution < -0.4 is 10.1 Å². The van der Waals surface area contributed by atoms with Crippen LogP contribution in [0.25, 0.3) is 0 Å². The Morgan fingerprint density at radius 1 is 1.04 bits per heavy atom. The summed E-state index contributed by atoms with van der Waals surface area (Å²) in [5.74, 6) is 0.726. The monoisotopic (exact) mass is 347 g/mol. The summed E-state index contributed by atoms with van der Waals surface area (Å²) in [5, 5.41) is 2.83. The molecule has 6 heteroatoms. The Hall–Kier alpha value is -2.08. The maximum absolute atomic E-state index is 12.4. The number of anilines is 1. The largest absolute Gasteiger partial charge is 0.497 e. The molecule has 0 bridgehead atoms. The van der Waals surface area contributed by atoms with E-state index < -0.39 is 0 Å². The number of likely N-dealkylation sites (N-methyl/N-ethyl adjacent to an activating group) is 1. The van der Waals surface area contributed by atoms with E-state index in [2.05, 4.69) is 5.32 Å². The van der Waals surface area contributed by atoms with Crippen LogP contribution >= 0.6 is 0 Å². The lowest BCUT2D eigenvalue weighted by Gasteiger charge is -2.27. The van der Waals surface area contributed by atoms with Crippen molar-refractivity contribution >= 4 is 17.5 Å². The summed E-state index contributed by atoms with van der Waals surface area (Å²) in [6.07, 6.45) is 5.82. The minimum atomic E-state index is -0.131. The summed E-state index contributed by atoms with van der Waals surface area (Å²) in [4.78, 5) is 28.3. The Morgan fingerprint density at radius 3 is 2.24 bits per heavy atom. The van der Waals surface area contributed by atoms with Gasteiger partial charge in [-0.2, -0.15) is 0 Å². The van der Waals surface area contributed by atoms with E-state index >= 15 is 0 Å². The number of nitrogens with one attached hydrogen (secondary N) is 1. The molecule has 6 nitrogen and oxygen atoms in total. The van der Waals surface area contributed by atoms with Crippen molar-refractivity contribution in [1.82, 2.24) is 9.80 Å². The van der Waals surface area contributed by atoms with Crippen molar-refractivity contribution < 1.29 is 14.3 Å². The summed E-state index contributed by atoms with van der Waals surface area (Å²) in [7, 11) is 3.40. The van der Waals surface area contributed by atoms with E-state index in [0.29, 0.717) is 5.69 Å². The van der Waals surface area contributed by atoms with Gasteiger partial charge in [-0.25, -0.2) is 0 Å². The second-order valence-corrected chi connectivity index (χ2v) is 6.60. The number of hydrogen-bond donors (Lipinski definition) is 1. The SMILES string of the molecule is COc1ccc(NC(=O)CN(C)CC(=O)N2CCCCCCC2)cc1. The Labute approximate surface area is 150 Å². The molecule has 0 unspecified atom stereocenters. The first-order chi connectivity index (χ1) is 12.1. The number of amides is 2. The van der Waals surface area contributed by atoms with Crippen LogP contribution in [0.4, 0.5) is 5.69 Å². The molecule has 0 spiro atoms. The maximum Gasteiger partial charge on any atom is 0.238 e. The lowest BCUT2D eigenvalue weighted by Crippen LogP contribution is -2.42. The number of hydrogen-bond acceptors (Lipinski definition) is 4. The molecule has 1 aliphatic rings.